The summed E-state index contributed by atoms with van der Waals surface area (Å²) in [6.07, 6.45) is 7.77. The van der Waals surface area contributed by atoms with Crippen molar-refractivity contribution in [2.24, 2.45) is 5.92 Å². The molecule has 1 unspecified atom stereocenters. The molecule has 0 spiro atoms. The van der Waals surface area contributed by atoms with Crippen LogP contribution in [0.15, 0.2) is 43.0 Å². The largest absolute Gasteiger partial charge is 0.495 e. The number of hydrogen-bond donors (Lipinski definition) is 1. The van der Waals surface area contributed by atoms with Crippen molar-refractivity contribution in [2.75, 3.05) is 25.1 Å². The average Bonchev–Trinajstić information content (AvgIpc) is 3.33. The van der Waals surface area contributed by atoms with Gasteiger partial charge in [-0.05, 0) is 43.4 Å². The fraction of sp³-hybridized carbons (Fsp3) is 0.391. The van der Waals surface area contributed by atoms with Crippen LogP contribution in [0.4, 0.5) is 5.82 Å². The highest BCUT2D eigenvalue weighted by Gasteiger charge is 2.24. The quantitative estimate of drug-likeness (QED) is 0.587. The fourth-order valence-corrected chi connectivity index (χ4v) is 4.27. The van der Waals surface area contributed by atoms with Gasteiger partial charge in [-0.3, -0.25) is 9.36 Å². The lowest BCUT2D eigenvalue weighted by Crippen LogP contribution is -2.38. The number of benzene rings is 1. The molecule has 8 nitrogen and oxygen atoms in total. The van der Waals surface area contributed by atoms with E-state index in [0.717, 1.165) is 43.0 Å². The average molecular weight is 455 g/mol. The van der Waals surface area contributed by atoms with Crippen molar-refractivity contribution in [3.8, 4) is 11.7 Å². The molecular weight excluding hydrogens is 428 g/mol. The molecule has 1 aromatic carbocycles. The van der Waals surface area contributed by atoms with E-state index in [2.05, 4.69) is 20.2 Å². The first-order chi connectivity index (χ1) is 15.5. The smallest absolute Gasteiger partial charge is 0.237 e. The lowest BCUT2D eigenvalue weighted by atomic mass is 9.94. The van der Waals surface area contributed by atoms with Crippen LogP contribution in [0, 0.1) is 12.8 Å². The number of hydrogen-bond acceptors (Lipinski definition) is 6. The van der Waals surface area contributed by atoms with Crippen LogP contribution in [0.25, 0.3) is 5.95 Å². The summed E-state index contributed by atoms with van der Waals surface area (Å²) in [6, 6.07) is 7.53. The Bertz CT molecular complexity index is 1070. The number of methoxy groups -OCH3 is 1. The van der Waals surface area contributed by atoms with E-state index >= 15 is 0 Å². The van der Waals surface area contributed by atoms with Crippen molar-refractivity contribution in [1.82, 2.24) is 24.8 Å². The van der Waals surface area contributed by atoms with Crippen molar-refractivity contribution < 1.29 is 9.53 Å². The van der Waals surface area contributed by atoms with E-state index in [9.17, 15) is 4.79 Å². The van der Waals surface area contributed by atoms with Crippen molar-refractivity contribution >= 4 is 23.3 Å². The van der Waals surface area contributed by atoms with Crippen LogP contribution in [0.1, 0.15) is 30.5 Å². The predicted octanol–water partition coefficient (Wildman–Crippen LogP) is 3.56. The second kappa shape index (κ2) is 9.99. The topological polar surface area (TPSA) is 85.2 Å². The van der Waals surface area contributed by atoms with Crippen LogP contribution in [-0.4, -0.2) is 45.6 Å². The van der Waals surface area contributed by atoms with Crippen LogP contribution >= 0.6 is 11.6 Å². The minimum atomic E-state index is 0.0433. The molecule has 3 heterocycles. The van der Waals surface area contributed by atoms with Crippen LogP contribution in [0.3, 0.4) is 0 Å². The fourth-order valence-electron chi connectivity index (χ4n) is 3.99. The molecule has 168 valence electrons. The molecule has 1 N–H and O–H groups in total. The summed E-state index contributed by atoms with van der Waals surface area (Å²) in [7, 11) is 1.58. The number of imidazole rings is 1. The van der Waals surface area contributed by atoms with Crippen molar-refractivity contribution in [3.05, 3.63) is 59.3 Å². The second-order valence-electron chi connectivity index (χ2n) is 8.04. The molecule has 2 aromatic heterocycles. The summed E-state index contributed by atoms with van der Waals surface area (Å²) in [5.74, 6) is 2.44. The van der Waals surface area contributed by atoms with E-state index in [-0.39, 0.29) is 11.8 Å². The number of carbonyl (C=O) groups is 1. The van der Waals surface area contributed by atoms with Gasteiger partial charge in [0.15, 0.2) is 0 Å². The van der Waals surface area contributed by atoms with Crippen molar-refractivity contribution in [1.29, 1.82) is 0 Å². The van der Waals surface area contributed by atoms with Gasteiger partial charge in [0.2, 0.25) is 11.9 Å². The molecule has 1 atom stereocenters. The first-order valence-electron chi connectivity index (χ1n) is 10.7. The van der Waals surface area contributed by atoms with Gasteiger partial charge in [0.25, 0.3) is 0 Å². The highest BCUT2D eigenvalue weighted by atomic mass is 35.5. The molecule has 4 rings (SSSR count). The number of ether oxygens (including phenoxy) is 1. The Morgan fingerprint density at radius 3 is 2.94 bits per heavy atom. The normalized spacial score (nSPS) is 16.1. The maximum absolute atomic E-state index is 12.6. The number of halogens is 1. The first kappa shape index (κ1) is 22.1. The van der Waals surface area contributed by atoms with Gasteiger partial charge in [-0.25, -0.2) is 9.97 Å². The first-order valence-corrected chi connectivity index (χ1v) is 11.1. The third-order valence-corrected chi connectivity index (χ3v) is 5.88. The van der Waals surface area contributed by atoms with Crippen molar-refractivity contribution in [3.63, 3.8) is 0 Å². The van der Waals surface area contributed by atoms with Gasteiger partial charge < -0.3 is 15.0 Å². The summed E-state index contributed by atoms with van der Waals surface area (Å²) < 4.78 is 6.97. The number of aryl methyl sites for hydroxylation is 1. The Morgan fingerprint density at radius 1 is 1.31 bits per heavy atom. The van der Waals surface area contributed by atoms with E-state index in [1.54, 1.807) is 24.2 Å². The molecule has 1 amide bonds. The SMILES string of the molecule is COc1ccc(CNC(=O)CC2CCCN(c3cc(C)nc(-n4ccnc4)n3)C2)cc1Cl. The molecule has 1 saturated heterocycles. The van der Waals surface area contributed by atoms with Gasteiger partial charge >= 0.3 is 0 Å². The standard InChI is InChI=1S/C23H27ClN6O2/c1-16-10-21(28-23(27-16)30-9-7-25-15-30)29-8-3-4-18(14-29)12-22(31)26-13-17-5-6-20(32-2)19(24)11-17/h5-7,9-11,15,18H,3-4,8,12-14H2,1-2H3,(H,26,31). The lowest BCUT2D eigenvalue weighted by molar-refractivity contribution is -0.122. The minimum Gasteiger partial charge on any atom is -0.495 e. The second-order valence-corrected chi connectivity index (χ2v) is 8.45. The van der Waals surface area contributed by atoms with Crippen LogP contribution in [-0.2, 0) is 11.3 Å². The number of nitrogens with zero attached hydrogens (tertiary/aromatic N) is 5. The van der Waals surface area contributed by atoms with Gasteiger partial charge in [-0.1, -0.05) is 17.7 Å². The summed E-state index contributed by atoms with van der Waals surface area (Å²) in [5, 5.41) is 3.55. The number of nitrogens with one attached hydrogen (secondary N) is 1. The highest BCUT2D eigenvalue weighted by Crippen LogP contribution is 2.26. The van der Waals surface area contributed by atoms with Gasteiger partial charge in [0, 0.05) is 50.2 Å². The number of rotatable bonds is 7. The van der Waals surface area contributed by atoms with E-state index in [1.807, 2.05) is 37.4 Å². The number of aromatic nitrogens is 4. The van der Waals surface area contributed by atoms with Gasteiger partial charge in [0.1, 0.15) is 17.9 Å². The summed E-state index contributed by atoms with van der Waals surface area (Å²) in [5.41, 5.74) is 1.84. The van der Waals surface area contributed by atoms with E-state index in [4.69, 9.17) is 21.3 Å². The lowest BCUT2D eigenvalue weighted by Gasteiger charge is -2.33. The zero-order valence-electron chi connectivity index (χ0n) is 18.3. The van der Waals surface area contributed by atoms with Gasteiger partial charge in [-0.15, -0.1) is 0 Å². The Morgan fingerprint density at radius 2 is 2.19 bits per heavy atom. The zero-order chi connectivity index (χ0) is 22.5. The molecule has 1 fully saturated rings. The van der Waals surface area contributed by atoms with E-state index < -0.39 is 0 Å². The van der Waals surface area contributed by atoms with Gasteiger partial charge in [0.05, 0.1) is 12.1 Å². The number of carbonyl (C=O) groups excluding carboxylic acids is 1. The number of anilines is 1. The molecule has 3 aromatic rings. The minimum absolute atomic E-state index is 0.0433. The van der Waals surface area contributed by atoms with Crippen LogP contribution in [0.5, 0.6) is 5.75 Å². The third kappa shape index (κ3) is 5.37. The third-order valence-electron chi connectivity index (χ3n) is 5.59. The summed E-state index contributed by atoms with van der Waals surface area (Å²) in [4.78, 5) is 28.1. The molecule has 1 aliphatic heterocycles. The molecule has 0 bridgehead atoms. The molecule has 0 radical (unpaired) electrons. The Balaban J connectivity index is 1.35. The van der Waals surface area contributed by atoms with E-state index in [0.29, 0.717) is 29.7 Å². The monoisotopic (exact) mass is 454 g/mol. The molecule has 9 heteroatoms. The van der Waals surface area contributed by atoms with E-state index in [1.165, 1.54) is 0 Å². The van der Waals surface area contributed by atoms with Crippen molar-refractivity contribution in [2.45, 2.75) is 32.7 Å². The zero-order valence-corrected chi connectivity index (χ0v) is 19.0. The maximum Gasteiger partial charge on any atom is 0.237 e. The number of piperidine rings is 1. The number of amides is 1. The summed E-state index contributed by atoms with van der Waals surface area (Å²) in [6.45, 7) is 4.12. The molecule has 1 aliphatic rings. The highest BCUT2D eigenvalue weighted by molar-refractivity contribution is 6.32. The Labute approximate surface area is 192 Å². The predicted molar refractivity (Wildman–Crippen MR) is 123 cm³/mol. The Kier molecular flexibility index (Phi) is 6.90. The van der Waals surface area contributed by atoms with Crippen LogP contribution < -0.4 is 15.0 Å². The Hall–Kier alpha value is -3.13. The van der Waals surface area contributed by atoms with Gasteiger partial charge in [-0.2, -0.15) is 4.98 Å². The molecule has 0 aliphatic carbocycles. The maximum atomic E-state index is 12.6. The molecular formula is C23H27ClN6O2. The summed E-state index contributed by atoms with van der Waals surface area (Å²) >= 11 is 6.17. The molecule has 32 heavy (non-hydrogen) atoms. The van der Waals surface area contributed by atoms with Crippen LogP contribution in [0.2, 0.25) is 5.02 Å². The molecule has 0 saturated carbocycles.